The lowest BCUT2D eigenvalue weighted by Gasteiger charge is -2.40. The van der Waals surface area contributed by atoms with Crippen molar-refractivity contribution in [2.75, 3.05) is 33.4 Å². The van der Waals surface area contributed by atoms with Crippen LogP contribution in [0.15, 0.2) is 35.9 Å². The standard InChI is InChI=1S/C17H25NO2/c1-15(11-16-7-4-3-5-8-16)12-18-10-6-9-17(13-18,14-19)20-2/h3-5,7-8,11,19H,6,9-10,12-14H2,1-2H3/b15-11+. The number of benzene rings is 1. The Hall–Kier alpha value is -1.16. The van der Waals surface area contributed by atoms with Crippen LogP contribution in [0.1, 0.15) is 25.3 Å². The maximum absolute atomic E-state index is 9.56. The molecule has 3 heteroatoms. The number of piperidine rings is 1. The molecule has 3 nitrogen and oxygen atoms in total. The topological polar surface area (TPSA) is 32.7 Å². The fourth-order valence-electron chi connectivity index (χ4n) is 2.92. The summed E-state index contributed by atoms with van der Waals surface area (Å²) < 4.78 is 5.55. The van der Waals surface area contributed by atoms with Crippen molar-refractivity contribution in [2.24, 2.45) is 0 Å². The van der Waals surface area contributed by atoms with Crippen LogP contribution in [0.5, 0.6) is 0 Å². The van der Waals surface area contributed by atoms with E-state index in [4.69, 9.17) is 4.74 Å². The highest BCUT2D eigenvalue weighted by Gasteiger charge is 2.34. The lowest BCUT2D eigenvalue weighted by molar-refractivity contribution is -0.0934. The predicted octanol–water partition coefficient (Wildman–Crippen LogP) is 2.56. The van der Waals surface area contributed by atoms with Gasteiger partial charge in [0.05, 0.1) is 6.61 Å². The molecule has 0 amide bonds. The molecule has 0 spiro atoms. The molecule has 1 unspecified atom stereocenters. The van der Waals surface area contributed by atoms with E-state index in [9.17, 15) is 5.11 Å². The minimum Gasteiger partial charge on any atom is -0.393 e. The zero-order valence-electron chi connectivity index (χ0n) is 12.5. The van der Waals surface area contributed by atoms with Gasteiger partial charge >= 0.3 is 0 Å². The van der Waals surface area contributed by atoms with Gasteiger partial charge in [-0.05, 0) is 31.9 Å². The van der Waals surface area contributed by atoms with Crippen molar-refractivity contribution >= 4 is 6.08 Å². The predicted molar refractivity (Wildman–Crippen MR) is 82.6 cm³/mol. The molecule has 1 atom stereocenters. The molecule has 0 bridgehead atoms. The number of ether oxygens (including phenoxy) is 1. The Balaban J connectivity index is 1.97. The van der Waals surface area contributed by atoms with Crippen LogP contribution in [0.4, 0.5) is 0 Å². The largest absolute Gasteiger partial charge is 0.393 e. The van der Waals surface area contributed by atoms with Gasteiger partial charge in [-0.1, -0.05) is 42.0 Å². The molecule has 2 rings (SSSR count). The van der Waals surface area contributed by atoms with E-state index >= 15 is 0 Å². The van der Waals surface area contributed by atoms with Crippen molar-refractivity contribution in [1.29, 1.82) is 0 Å². The number of methoxy groups -OCH3 is 1. The normalized spacial score (nSPS) is 24.9. The van der Waals surface area contributed by atoms with Crippen LogP contribution in [0.2, 0.25) is 0 Å². The van der Waals surface area contributed by atoms with Crippen LogP contribution in [-0.2, 0) is 4.74 Å². The smallest absolute Gasteiger partial charge is 0.103 e. The molecular weight excluding hydrogens is 250 g/mol. The highest BCUT2D eigenvalue weighted by molar-refractivity contribution is 5.52. The molecule has 1 aliphatic rings. The van der Waals surface area contributed by atoms with Gasteiger partial charge in [-0.25, -0.2) is 0 Å². The quantitative estimate of drug-likeness (QED) is 0.896. The van der Waals surface area contributed by atoms with Gasteiger partial charge in [0, 0.05) is 20.2 Å². The van der Waals surface area contributed by atoms with Crippen molar-refractivity contribution in [2.45, 2.75) is 25.4 Å². The second-order valence-corrected chi connectivity index (χ2v) is 5.76. The Bertz CT molecular complexity index is 438. The second kappa shape index (κ2) is 7.02. The molecule has 1 saturated heterocycles. The lowest BCUT2D eigenvalue weighted by atomic mass is 9.93. The van der Waals surface area contributed by atoms with E-state index in [1.54, 1.807) is 7.11 Å². The molecule has 1 N–H and O–H groups in total. The van der Waals surface area contributed by atoms with Gasteiger partial charge in [-0.15, -0.1) is 0 Å². The Labute approximate surface area is 121 Å². The molecule has 0 saturated carbocycles. The molecule has 1 heterocycles. The molecule has 1 aromatic rings. The van der Waals surface area contributed by atoms with Gasteiger partial charge in [0.1, 0.15) is 5.60 Å². The zero-order chi connectivity index (χ0) is 14.4. The maximum Gasteiger partial charge on any atom is 0.103 e. The first-order valence-corrected chi connectivity index (χ1v) is 7.28. The third-order valence-corrected chi connectivity index (χ3v) is 4.03. The summed E-state index contributed by atoms with van der Waals surface area (Å²) in [6.45, 7) is 5.07. The van der Waals surface area contributed by atoms with Crippen molar-refractivity contribution < 1.29 is 9.84 Å². The first-order valence-electron chi connectivity index (χ1n) is 7.28. The molecule has 0 radical (unpaired) electrons. The van der Waals surface area contributed by atoms with Crippen LogP contribution in [-0.4, -0.2) is 49.0 Å². The van der Waals surface area contributed by atoms with Crippen molar-refractivity contribution in [3.05, 3.63) is 41.5 Å². The van der Waals surface area contributed by atoms with E-state index in [-0.39, 0.29) is 12.2 Å². The first-order chi connectivity index (χ1) is 9.67. The summed E-state index contributed by atoms with van der Waals surface area (Å²) >= 11 is 0. The van der Waals surface area contributed by atoms with Gasteiger partial charge in [0.15, 0.2) is 0 Å². The van der Waals surface area contributed by atoms with E-state index in [0.717, 1.165) is 32.5 Å². The minimum atomic E-state index is -0.370. The van der Waals surface area contributed by atoms with Gasteiger partial charge in [0.25, 0.3) is 0 Å². The number of aliphatic hydroxyl groups is 1. The molecular formula is C17H25NO2. The summed E-state index contributed by atoms with van der Waals surface area (Å²) in [5, 5.41) is 9.56. The number of aliphatic hydroxyl groups excluding tert-OH is 1. The molecule has 20 heavy (non-hydrogen) atoms. The van der Waals surface area contributed by atoms with E-state index in [1.165, 1.54) is 11.1 Å². The number of nitrogens with zero attached hydrogens (tertiary/aromatic N) is 1. The third kappa shape index (κ3) is 3.92. The van der Waals surface area contributed by atoms with E-state index in [2.05, 4.69) is 42.2 Å². The van der Waals surface area contributed by atoms with Crippen LogP contribution >= 0.6 is 0 Å². The van der Waals surface area contributed by atoms with Crippen LogP contribution in [0.3, 0.4) is 0 Å². The molecule has 110 valence electrons. The monoisotopic (exact) mass is 275 g/mol. The van der Waals surface area contributed by atoms with Gasteiger partial charge in [-0.2, -0.15) is 0 Å². The van der Waals surface area contributed by atoms with Gasteiger partial charge < -0.3 is 9.84 Å². The fourth-order valence-corrected chi connectivity index (χ4v) is 2.92. The summed E-state index contributed by atoms with van der Waals surface area (Å²) in [6.07, 6.45) is 4.24. The van der Waals surface area contributed by atoms with Crippen molar-refractivity contribution in [3.63, 3.8) is 0 Å². The average molecular weight is 275 g/mol. The Morgan fingerprint density at radius 2 is 2.15 bits per heavy atom. The minimum absolute atomic E-state index is 0.0987. The van der Waals surface area contributed by atoms with Gasteiger partial charge in [0.2, 0.25) is 0 Å². The molecule has 0 aliphatic carbocycles. The van der Waals surface area contributed by atoms with E-state index in [1.807, 2.05) is 6.07 Å². The number of hydrogen-bond donors (Lipinski definition) is 1. The zero-order valence-corrected chi connectivity index (χ0v) is 12.5. The van der Waals surface area contributed by atoms with E-state index < -0.39 is 0 Å². The van der Waals surface area contributed by atoms with Gasteiger partial charge in [-0.3, -0.25) is 4.90 Å². The Kier molecular flexibility index (Phi) is 5.35. The number of hydrogen-bond acceptors (Lipinski definition) is 3. The lowest BCUT2D eigenvalue weighted by Crippen LogP contribution is -2.51. The molecule has 1 aromatic carbocycles. The number of rotatable bonds is 5. The molecule has 1 fully saturated rings. The summed E-state index contributed by atoms with van der Waals surface area (Å²) in [5.74, 6) is 0. The summed E-state index contributed by atoms with van der Waals surface area (Å²) in [5.41, 5.74) is 2.20. The highest BCUT2D eigenvalue weighted by atomic mass is 16.5. The van der Waals surface area contributed by atoms with Crippen LogP contribution in [0.25, 0.3) is 6.08 Å². The maximum atomic E-state index is 9.56. The average Bonchev–Trinajstić information content (AvgIpc) is 2.48. The Morgan fingerprint density at radius 3 is 2.80 bits per heavy atom. The first kappa shape index (κ1) is 15.2. The molecule has 0 aromatic heterocycles. The molecule has 1 aliphatic heterocycles. The highest BCUT2D eigenvalue weighted by Crippen LogP contribution is 2.24. The summed E-state index contributed by atoms with van der Waals surface area (Å²) in [7, 11) is 1.70. The second-order valence-electron chi connectivity index (χ2n) is 5.76. The van der Waals surface area contributed by atoms with Crippen LogP contribution < -0.4 is 0 Å². The van der Waals surface area contributed by atoms with Crippen LogP contribution in [0, 0.1) is 0 Å². The fraction of sp³-hybridized carbons (Fsp3) is 0.529. The third-order valence-electron chi connectivity index (χ3n) is 4.03. The SMILES string of the molecule is COC1(CO)CCCN(C/C(C)=C/c2ccccc2)C1. The number of likely N-dealkylation sites (tertiary alicyclic amines) is 1. The van der Waals surface area contributed by atoms with E-state index in [0.29, 0.717) is 0 Å². The summed E-state index contributed by atoms with van der Waals surface area (Å²) in [4.78, 5) is 2.37. The van der Waals surface area contributed by atoms with Crippen molar-refractivity contribution in [1.82, 2.24) is 4.90 Å². The summed E-state index contributed by atoms with van der Waals surface area (Å²) in [6, 6.07) is 10.4. The van der Waals surface area contributed by atoms with Crippen molar-refractivity contribution in [3.8, 4) is 0 Å². The Morgan fingerprint density at radius 1 is 1.40 bits per heavy atom.